The summed E-state index contributed by atoms with van der Waals surface area (Å²) in [6.07, 6.45) is 3.36. The number of rotatable bonds is 7. The Morgan fingerprint density at radius 2 is 1.93 bits per heavy atom. The van der Waals surface area contributed by atoms with Gasteiger partial charge in [-0.25, -0.2) is 0 Å². The van der Waals surface area contributed by atoms with Crippen molar-refractivity contribution in [2.45, 2.75) is 6.92 Å². The second kappa shape index (κ2) is 9.89. The maximum absolute atomic E-state index is 12.1. The van der Waals surface area contributed by atoms with Gasteiger partial charge in [0.2, 0.25) is 0 Å². The molecule has 3 aromatic rings. The normalized spacial score (nSPS) is 10.8. The van der Waals surface area contributed by atoms with Gasteiger partial charge in [-0.2, -0.15) is 5.26 Å². The molecule has 150 valence electrons. The predicted molar refractivity (Wildman–Crippen MR) is 116 cm³/mol. The van der Waals surface area contributed by atoms with Gasteiger partial charge in [-0.3, -0.25) is 9.78 Å². The van der Waals surface area contributed by atoms with Gasteiger partial charge in [0.15, 0.2) is 18.1 Å². The fraction of sp³-hybridized carbons (Fsp3) is 0.125. The fourth-order valence-corrected chi connectivity index (χ4v) is 2.72. The van der Waals surface area contributed by atoms with Crippen molar-refractivity contribution >= 4 is 23.2 Å². The molecule has 0 aliphatic rings. The van der Waals surface area contributed by atoms with Crippen molar-refractivity contribution in [2.24, 2.45) is 0 Å². The molecule has 0 radical (unpaired) electrons. The number of ether oxygens (including phenoxy) is 2. The first kappa shape index (κ1) is 20.6. The lowest BCUT2D eigenvalue weighted by Gasteiger charge is -2.12. The minimum absolute atomic E-state index is 0.156. The Balaban J connectivity index is 1.69. The molecular formula is C24H21N3O3. The Kier molecular flexibility index (Phi) is 6.80. The second-order valence-electron chi connectivity index (χ2n) is 6.50. The molecule has 2 aromatic carbocycles. The van der Waals surface area contributed by atoms with E-state index in [4.69, 9.17) is 9.47 Å². The van der Waals surface area contributed by atoms with Gasteiger partial charge in [-0.1, -0.05) is 29.8 Å². The number of carbonyl (C=O) groups excluding carboxylic acids is 1. The molecule has 0 fully saturated rings. The Hall–Kier alpha value is -4.11. The van der Waals surface area contributed by atoms with E-state index in [0.717, 1.165) is 11.1 Å². The van der Waals surface area contributed by atoms with Crippen molar-refractivity contribution in [1.29, 1.82) is 5.26 Å². The Labute approximate surface area is 175 Å². The van der Waals surface area contributed by atoms with Crippen LogP contribution in [0.1, 0.15) is 16.8 Å². The molecule has 0 bridgehead atoms. The molecule has 3 rings (SSSR count). The van der Waals surface area contributed by atoms with E-state index in [2.05, 4.69) is 16.4 Å². The number of aryl methyl sites for hydroxylation is 1. The van der Waals surface area contributed by atoms with Crippen molar-refractivity contribution in [2.75, 3.05) is 19.0 Å². The Morgan fingerprint density at radius 3 is 2.60 bits per heavy atom. The van der Waals surface area contributed by atoms with Gasteiger partial charge < -0.3 is 14.8 Å². The van der Waals surface area contributed by atoms with Crippen molar-refractivity contribution in [3.8, 4) is 17.6 Å². The lowest BCUT2D eigenvalue weighted by Crippen LogP contribution is -2.20. The largest absolute Gasteiger partial charge is 0.493 e. The number of anilines is 1. The van der Waals surface area contributed by atoms with Gasteiger partial charge >= 0.3 is 0 Å². The number of nitrogens with one attached hydrogen (secondary N) is 1. The number of methoxy groups -OCH3 is 1. The highest BCUT2D eigenvalue weighted by molar-refractivity contribution is 5.92. The lowest BCUT2D eigenvalue weighted by molar-refractivity contribution is -0.118. The van der Waals surface area contributed by atoms with Crippen LogP contribution in [-0.2, 0) is 4.79 Å². The van der Waals surface area contributed by atoms with Crippen LogP contribution < -0.4 is 14.8 Å². The van der Waals surface area contributed by atoms with E-state index in [-0.39, 0.29) is 12.5 Å². The molecular weight excluding hydrogens is 378 g/mol. The molecule has 0 saturated carbocycles. The minimum Gasteiger partial charge on any atom is -0.493 e. The first-order chi connectivity index (χ1) is 14.6. The second-order valence-corrected chi connectivity index (χ2v) is 6.50. The molecule has 0 aliphatic heterocycles. The number of hydrogen-bond acceptors (Lipinski definition) is 5. The van der Waals surface area contributed by atoms with Crippen LogP contribution in [0.15, 0.2) is 66.9 Å². The van der Waals surface area contributed by atoms with Crippen LogP contribution in [0.2, 0.25) is 0 Å². The van der Waals surface area contributed by atoms with E-state index >= 15 is 0 Å². The number of carbonyl (C=O) groups is 1. The number of nitriles is 1. The zero-order valence-corrected chi connectivity index (χ0v) is 16.8. The van der Waals surface area contributed by atoms with Gasteiger partial charge in [0.05, 0.1) is 18.4 Å². The van der Waals surface area contributed by atoms with Crippen LogP contribution in [-0.4, -0.2) is 24.6 Å². The van der Waals surface area contributed by atoms with E-state index in [9.17, 15) is 10.1 Å². The van der Waals surface area contributed by atoms with E-state index in [1.165, 1.54) is 7.11 Å². The third-order valence-corrected chi connectivity index (χ3v) is 4.25. The SMILES string of the molecule is COc1cc(/C=C(\C#N)c2ccccn2)ccc1OCC(=O)Nc1ccc(C)cc1. The average Bonchev–Trinajstić information content (AvgIpc) is 2.78. The van der Waals surface area contributed by atoms with Crippen molar-refractivity contribution in [3.63, 3.8) is 0 Å². The Bertz CT molecular complexity index is 1080. The van der Waals surface area contributed by atoms with Gasteiger partial charge in [0, 0.05) is 11.9 Å². The van der Waals surface area contributed by atoms with Crippen molar-refractivity contribution in [1.82, 2.24) is 4.98 Å². The van der Waals surface area contributed by atoms with Crippen molar-refractivity contribution in [3.05, 3.63) is 83.7 Å². The summed E-state index contributed by atoms with van der Waals surface area (Å²) in [5.74, 6) is 0.627. The smallest absolute Gasteiger partial charge is 0.262 e. The standard InChI is InChI=1S/C24H21N3O3/c1-17-6-9-20(10-7-17)27-24(28)16-30-22-11-8-18(14-23(22)29-2)13-19(15-25)21-5-3-4-12-26-21/h3-14H,16H2,1-2H3,(H,27,28)/b19-13+. The number of benzene rings is 2. The molecule has 1 aromatic heterocycles. The zero-order chi connectivity index (χ0) is 21.3. The molecule has 0 saturated heterocycles. The summed E-state index contributed by atoms with van der Waals surface area (Å²) in [5, 5.41) is 12.2. The van der Waals surface area contributed by atoms with Gasteiger partial charge in [0.25, 0.3) is 5.91 Å². The monoisotopic (exact) mass is 399 g/mol. The lowest BCUT2D eigenvalue weighted by atomic mass is 10.1. The summed E-state index contributed by atoms with van der Waals surface area (Å²) in [4.78, 5) is 16.4. The molecule has 0 aliphatic carbocycles. The number of allylic oxidation sites excluding steroid dienone is 1. The summed E-state index contributed by atoms with van der Waals surface area (Å²) in [7, 11) is 1.52. The molecule has 6 heteroatoms. The topological polar surface area (TPSA) is 84.2 Å². The molecule has 1 amide bonds. The Morgan fingerprint density at radius 1 is 1.13 bits per heavy atom. The van der Waals surface area contributed by atoms with Gasteiger partial charge in [-0.05, 0) is 55.0 Å². The van der Waals surface area contributed by atoms with Crippen LogP contribution in [0.4, 0.5) is 5.69 Å². The number of nitrogens with zero attached hydrogens (tertiary/aromatic N) is 2. The maximum Gasteiger partial charge on any atom is 0.262 e. The minimum atomic E-state index is -0.271. The quantitative estimate of drug-likeness (QED) is 0.592. The summed E-state index contributed by atoms with van der Waals surface area (Å²) < 4.78 is 11.0. The van der Waals surface area contributed by atoms with Crippen LogP contribution in [0.5, 0.6) is 11.5 Å². The van der Waals surface area contributed by atoms with Gasteiger partial charge in [0.1, 0.15) is 6.07 Å². The molecule has 1 N–H and O–H groups in total. The number of amides is 1. The molecule has 0 unspecified atom stereocenters. The highest BCUT2D eigenvalue weighted by Gasteiger charge is 2.10. The fourth-order valence-electron chi connectivity index (χ4n) is 2.72. The summed E-state index contributed by atoms with van der Waals surface area (Å²) in [5.41, 5.74) is 3.60. The molecule has 0 spiro atoms. The van der Waals surface area contributed by atoms with E-state index in [0.29, 0.717) is 28.5 Å². The number of aromatic nitrogens is 1. The van der Waals surface area contributed by atoms with Crippen LogP contribution in [0.3, 0.4) is 0 Å². The molecule has 6 nitrogen and oxygen atoms in total. The van der Waals surface area contributed by atoms with Crippen LogP contribution in [0, 0.1) is 18.3 Å². The first-order valence-corrected chi connectivity index (χ1v) is 9.29. The molecule has 1 heterocycles. The zero-order valence-electron chi connectivity index (χ0n) is 16.8. The van der Waals surface area contributed by atoms with Gasteiger partial charge in [-0.15, -0.1) is 0 Å². The summed E-state index contributed by atoms with van der Waals surface area (Å²) in [6, 6.07) is 20.3. The molecule has 0 atom stereocenters. The highest BCUT2D eigenvalue weighted by Crippen LogP contribution is 2.29. The van der Waals surface area contributed by atoms with Crippen LogP contribution >= 0.6 is 0 Å². The summed E-state index contributed by atoms with van der Waals surface area (Å²) >= 11 is 0. The number of pyridine rings is 1. The maximum atomic E-state index is 12.1. The van der Waals surface area contributed by atoms with Crippen molar-refractivity contribution < 1.29 is 14.3 Å². The summed E-state index contributed by atoms with van der Waals surface area (Å²) in [6.45, 7) is 1.83. The third kappa shape index (κ3) is 5.46. The average molecular weight is 399 g/mol. The van der Waals surface area contributed by atoms with Crippen LogP contribution in [0.25, 0.3) is 11.6 Å². The molecule has 30 heavy (non-hydrogen) atoms. The highest BCUT2D eigenvalue weighted by atomic mass is 16.5. The van der Waals surface area contributed by atoms with E-state index < -0.39 is 0 Å². The predicted octanol–water partition coefficient (Wildman–Crippen LogP) is 4.48. The van der Waals surface area contributed by atoms with E-state index in [1.54, 1.807) is 42.6 Å². The van der Waals surface area contributed by atoms with E-state index in [1.807, 2.05) is 37.3 Å². The first-order valence-electron chi connectivity index (χ1n) is 9.29. The number of hydrogen-bond donors (Lipinski definition) is 1. The third-order valence-electron chi connectivity index (χ3n) is 4.25.